The number of nitrogens with one attached hydrogen (secondary N) is 3. The monoisotopic (exact) mass is 319 g/mol. The minimum atomic E-state index is -0.223. The minimum absolute atomic E-state index is 0.133. The predicted molar refractivity (Wildman–Crippen MR) is 95.7 cm³/mol. The molecule has 1 rings (SSSR count). The van der Waals surface area contributed by atoms with E-state index < -0.39 is 0 Å². The molecule has 0 radical (unpaired) electrons. The molecule has 0 saturated heterocycles. The second-order valence-electron chi connectivity index (χ2n) is 6.65. The van der Waals surface area contributed by atoms with Gasteiger partial charge in [-0.1, -0.05) is 33.8 Å². The van der Waals surface area contributed by atoms with Crippen molar-refractivity contribution in [1.82, 2.24) is 5.32 Å². The number of carbonyl (C=O) groups excluding carboxylic acids is 2. The highest BCUT2D eigenvalue weighted by Gasteiger charge is 2.18. The van der Waals surface area contributed by atoms with Gasteiger partial charge in [-0.15, -0.1) is 0 Å². The van der Waals surface area contributed by atoms with Crippen molar-refractivity contribution in [3.8, 4) is 0 Å². The van der Waals surface area contributed by atoms with Crippen LogP contribution in [0.3, 0.4) is 0 Å². The van der Waals surface area contributed by atoms with Crippen LogP contribution in [0.4, 0.5) is 16.2 Å². The summed E-state index contributed by atoms with van der Waals surface area (Å²) in [7, 11) is 0. The summed E-state index contributed by atoms with van der Waals surface area (Å²) in [6.07, 6.45) is 0. The quantitative estimate of drug-likeness (QED) is 0.741. The highest BCUT2D eigenvalue weighted by molar-refractivity contribution is 5.94. The molecule has 0 spiro atoms. The van der Waals surface area contributed by atoms with Crippen molar-refractivity contribution in [3.05, 3.63) is 23.8 Å². The summed E-state index contributed by atoms with van der Waals surface area (Å²) in [4.78, 5) is 23.3. The number of rotatable bonds is 6. The molecular weight excluding hydrogens is 290 g/mol. The fraction of sp³-hybridized carbons (Fsp3) is 0.556. The van der Waals surface area contributed by atoms with Gasteiger partial charge in [0.05, 0.1) is 0 Å². The van der Waals surface area contributed by atoms with Gasteiger partial charge in [0, 0.05) is 24.8 Å². The fourth-order valence-corrected chi connectivity index (χ4v) is 2.71. The topological polar surface area (TPSA) is 70.2 Å². The molecule has 0 aliphatic rings. The van der Waals surface area contributed by atoms with E-state index in [1.807, 2.05) is 19.1 Å². The Morgan fingerprint density at radius 1 is 1.00 bits per heavy atom. The molecule has 0 bridgehead atoms. The van der Waals surface area contributed by atoms with Crippen LogP contribution in [0.25, 0.3) is 0 Å². The standard InChI is InChI=1S/C18H29N3O2/c1-11(2)15(12(3)4)10-19-18(23)21-17-9-7-8-16(13(17)5)20-14(6)22/h7-9,11-12,15H,10H2,1-6H3,(H,20,22)(H2,19,21,23). The molecule has 1 aromatic carbocycles. The zero-order chi connectivity index (χ0) is 17.6. The second-order valence-corrected chi connectivity index (χ2v) is 6.65. The van der Waals surface area contributed by atoms with Crippen LogP contribution in [0, 0.1) is 24.7 Å². The van der Waals surface area contributed by atoms with Gasteiger partial charge < -0.3 is 16.0 Å². The maximum Gasteiger partial charge on any atom is 0.319 e. The third-order valence-corrected chi connectivity index (χ3v) is 4.10. The van der Waals surface area contributed by atoms with Crippen molar-refractivity contribution in [3.63, 3.8) is 0 Å². The smallest absolute Gasteiger partial charge is 0.319 e. The molecule has 1 aromatic rings. The van der Waals surface area contributed by atoms with Crippen LogP contribution < -0.4 is 16.0 Å². The third-order valence-electron chi connectivity index (χ3n) is 4.10. The van der Waals surface area contributed by atoms with Gasteiger partial charge in [0.15, 0.2) is 0 Å². The van der Waals surface area contributed by atoms with Crippen LogP contribution in [0.2, 0.25) is 0 Å². The zero-order valence-electron chi connectivity index (χ0n) is 15.0. The molecule has 0 aliphatic heterocycles. The molecule has 23 heavy (non-hydrogen) atoms. The normalized spacial score (nSPS) is 11.0. The van der Waals surface area contributed by atoms with Gasteiger partial charge in [0.1, 0.15) is 0 Å². The molecule has 0 fully saturated rings. The van der Waals surface area contributed by atoms with Crippen LogP contribution >= 0.6 is 0 Å². The van der Waals surface area contributed by atoms with E-state index in [1.165, 1.54) is 6.92 Å². The van der Waals surface area contributed by atoms with E-state index in [2.05, 4.69) is 43.6 Å². The molecular formula is C18H29N3O2. The summed E-state index contributed by atoms with van der Waals surface area (Å²) in [5.41, 5.74) is 2.24. The molecule has 0 heterocycles. The first-order valence-electron chi connectivity index (χ1n) is 8.14. The van der Waals surface area contributed by atoms with Gasteiger partial charge >= 0.3 is 6.03 Å². The van der Waals surface area contributed by atoms with Gasteiger partial charge in [0.2, 0.25) is 5.91 Å². The largest absolute Gasteiger partial charge is 0.338 e. The Labute approximate surface area is 139 Å². The van der Waals surface area contributed by atoms with Gasteiger partial charge in [-0.25, -0.2) is 4.79 Å². The van der Waals surface area contributed by atoms with Crippen molar-refractivity contribution in [2.45, 2.75) is 41.5 Å². The van der Waals surface area contributed by atoms with E-state index in [0.717, 1.165) is 5.56 Å². The maximum absolute atomic E-state index is 12.1. The van der Waals surface area contributed by atoms with Crippen molar-refractivity contribution < 1.29 is 9.59 Å². The summed E-state index contributed by atoms with van der Waals surface area (Å²) >= 11 is 0. The fourth-order valence-electron chi connectivity index (χ4n) is 2.71. The Balaban J connectivity index is 2.69. The van der Waals surface area contributed by atoms with E-state index in [1.54, 1.807) is 6.07 Å². The highest BCUT2D eigenvalue weighted by atomic mass is 16.2. The molecule has 0 aromatic heterocycles. The van der Waals surface area contributed by atoms with Gasteiger partial charge in [-0.3, -0.25) is 4.79 Å². The zero-order valence-corrected chi connectivity index (χ0v) is 15.0. The average molecular weight is 319 g/mol. The first-order valence-corrected chi connectivity index (χ1v) is 8.14. The molecule has 0 unspecified atom stereocenters. The first kappa shape index (κ1) is 19.0. The maximum atomic E-state index is 12.1. The number of amides is 3. The van der Waals surface area contributed by atoms with Crippen LogP contribution in [-0.4, -0.2) is 18.5 Å². The van der Waals surface area contributed by atoms with Gasteiger partial charge in [-0.05, 0) is 42.4 Å². The van der Waals surface area contributed by atoms with Crippen molar-refractivity contribution in [1.29, 1.82) is 0 Å². The Kier molecular flexibility index (Phi) is 7.07. The molecule has 5 nitrogen and oxygen atoms in total. The number of anilines is 2. The molecule has 0 aliphatic carbocycles. The van der Waals surface area contributed by atoms with Gasteiger partial charge in [0.25, 0.3) is 0 Å². The van der Waals surface area contributed by atoms with Crippen LogP contribution in [0.5, 0.6) is 0 Å². The van der Waals surface area contributed by atoms with Crippen LogP contribution in [0.1, 0.15) is 40.2 Å². The second kappa shape index (κ2) is 8.56. The SMILES string of the molecule is CC(=O)Nc1cccc(NC(=O)NCC(C(C)C)C(C)C)c1C. The molecule has 3 amide bonds. The lowest BCUT2D eigenvalue weighted by Gasteiger charge is -2.25. The predicted octanol–water partition coefficient (Wildman–Crippen LogP) is 4.00. The average Bonchev–Trinajstić information content (AvgIpc) is 2.42. The lowest BCUT2D eigenvalue weighted by molar-refractivity contribution is -0.114. The summed E-state index contributed by atoms with van der Waals surface area (Å²) < 4.78 is 0. The third kappa shape index (κ3) is 5.93. The number of carbonyl (C=O) groups is 2. The summed E-state index contributed by atoms with van der Waals surface area (Å²) in [5, 5.41) is 8.56. The van der Waals surface area contributed by atoms with Crippen molar-refractivity contribution in [2.24, 2.45) is 17.8 Å². The van der Waals surface area contributed by atoms with E-state index in [4.69, 9.17) is 0 Å². The molecule has 0 atom stereocenters. The van der Waals surface area contributed by atoms with Crippen LogP contribution in [0.15, 0.2) is 18.2 Å². The lowest BCUT2D eigenvalue weighted by Crippen LogP contribution is -2.36. The number of urea groups is 1. The minimum Gasteiger partial charge on any atom is -0.338 e. The summed E-state index contributed by atoms with van der Waals surface area (Å²) in [6, 6.07) is 5.22. The number of benzene rings is 1. The summed E-state index contributed by atoms with van der Waals surface area (Å²) in [6.45, 7) is 12.7. The Hall–Kier alpha value is -2.04. The molecule has 128 valence electrons. The van der Waals surface area contributed by atoms with E-state index in [9.17, 15) is 9.59 Å². The van der Waals surface area contributed by atoms with E-state index in [0.29, 0.717) is 35.7 Å². The Bertz CT molecular complexity index is 545. The Morgan fingerprint density at radius 2 is 1.52 bits per heavy atom. The lowest BCUT2D eigenvalue weighted by atomic mass is 9.85. The molecule has 5 heteroatoms. The molecule has 3 N–H and O–H groups in total. The van der Waals surface area contributed by atoms with E-state index in [-0.39, 0.29) is 11.9 Å². The van der Waals surface area contributed by atoms with E-state index >= 15 is 0 Å². The molecule has 0 saturated carbocycles. The van der Waals surface area contributed by atoms with Gasteiger partial charge in [-0.2, -0.15) is 0 Å². The van der Waals surface area contributed by atoms with Crippen LogP contribution in [-0.2, 0) is 4.79 Å². The van der Waals surface area contributed by atoms with Crippen molar-refractivity contribution >= 4 is 23.3 Å². The number of hydrogen-bond donors (Lipinski definition) is 3. The Morgan fingerprint density at radius 3 is 2.00 bits per heavy atom. The number of hydrogen-bond acceptors (Lipinski definition) is 2. The summed E-state index contributed by atoms with van der Waals surface area (Å²) in [5.74, 6) is 1.33. The highest BCUT2D eigenvalue weighted by Crippen LogP contribution is 2.23. The first-order chi connectivity index (χ1) is 10.7. The van der Waals surface area contributed by atoms with Crippen molar-refractivity contribution in [2.75, 3.05) is 17.2 Å².